The Morgan fingerprint density at radius 3 is 2.75 bits per heavy atom. The van der Waals surface area contributed by atoms with Gasteiger partial charge in [-0.3, -0.25) is 9.78 Å². The molecule has 4 aromatic rings. The first-order chi connectivity index (χ1) is 17.4. The molecule has 9 heteroatoms. The second-order valence-electron chi connectivity index (χ2n) is 9.26. The van der Waals surface area contributed by atoms with Crippen molar-refractivity contribution < 1.29 is 9.53 Å². The van der Waals surface area contributed by atoms with Gasteiger partial charge in [0.1, 0.15) is 0 Å². The zero-order valence-corrected chi connectivity index (χ0v) is 21.2. The lowest BCUT2D eigenvalue weighted by molar-refractivity contribution is 0.102. The molecule has 0 bridgehead atoms. The number of hydrogen-bond donors (Lipinski definition) is 1. The zero-order valence-electron chi connectivity index (χ0n) is 20.4. The number of pyridine rings is 1. The predicted octanol–water partition coefficient (Wildman–Crippen LogP) is 4.95. The molecular formula is C27H26N6O2S. The molecule has 1 aliphatic heterocycles. The zero-order chi connectivity index (χ0) is 25.3. The molecule has 1 fully saturated rings. The highest BCUT2D eigenvalue weighted by molar-refractivity contribution is 7.17. The summed E-state index contributed by atoms with van der Waals surface area (Å²) < 4.78 is 6.59. The number of hydrogen-bond acceptors (Lipinski definition) is 8. The number of nitriles is 1. The molecule has 0 aliphatic carbocycles. The maximum atomic E-state index is 13.0. The number of thiophene rings is 1. The lowest BCUT2D eigenvalue weighted by Gasteiger charge is -2.28. The van der Waals surface area contributed by atoms with Crippen LogP contribution in [0.25, 0.3) is 21.6 Å². The van der Waals surface area contributed by atoms with Crippen LogP contribution in [0.5, 0.6) is 0 Å². The number of ether oxygens (including phenoxy) is 1. The maximum absolute atomic E-state index is 13.0. The van der Waals surface area contributed by atoms with Gasteiger partial charge in [0.05, 0.1) is 40.6 Å². The third kappa shape index (κ3) is 4.65. The quantitative estimate of drug-likeness (QED) is 0.415. The summed E-state index contributed by atoms with van der Waals surface area (Å²) in [6, 6.07) is 13.3. The number of anilines is 2. The van der Waals surface area contributed by atoms with Crippen molar-refractivity contribution in [3.63, 3.8) is 0 Å². The molecule has 182 valence electrons. The fourth-order valence-electron chi connectivity index (χ4n) is 4.07. The summed E-state index contributed by atoms with van der Waals surface area (Å²) >= 11 is 1.64. The van der Waals surface area contributed by atoms with Crippen molar-refractivity contribution in [1.29, 1.82) is 5.26 Å². The van der Waals surface area contributed by atoms with E-state index < -0.39 is 5.41 Å². The van der Waals surface area contributed by atoms with Crippen LogP contribution in [0.3, 0.4) is 0 Å². The molecular weight excluding hydrogens is 472 g/mol. The van der Waals surface area contributed by atoms with E-state index in [9.17, 15) is 10.1 Å². The van der Waals surface area contributed by atoms with Gasteiger partial charge in [0.15, 0.2) is 11.6 Å². The molecule has 1 aliphatic rings. The smallest absolute Gasteiger partial charge is 0.255 e. The van der Waals surface area contributed by atoms with Crippen LogP contribution in [0.2, 0.25) is 0 Å². The number of aromatic nitrogens is 3. The van der Waals surface area contributed by atoms with Gasteiger partial charge in [-0.2, -0.15) is 5.26 Å². The van der Waals surface area contributed by atoms with Gasteiger partial charge in [-0.15, -0.1) is 11.3 Å². The monoisotopic (exact) mass is 498 g/mol. The number of amides is 1. The van der Waals surface area contributed by atoms with Gasteiger partial charge in [0.25, 0.3) is 5.91 Å². The van der Waals surface area contributed by atoms with Crippen LogP contribution in [0.15, 0.2) is 48.0 Å². The molecule has 0 unspecified atom stereocenters. The van der Waals surface area contributed by atoms with Gasteiger partial charge >= 0.3 is 0 Å². The Morgan fingerprint density at radius 1 is 1.17 bits per heavy atom. The highest BCUT2D eigenvalue weighted by Crippen LogP contribution is 2.33. The number of fused-ring (bicyclic) bond motifs is 1. The van der Waals surface area contributed by atoms with E-state index in [0.717, 1.165) is 40.3 Å². The van der Waals surface area contributed by atoms with Crippen molar-refractivity contribution in [1.82, 2.24) is 15.0 Å². The van der Waals surface area contributed by atoms with Crippen LogP contribution in [-0.2, 0) is 10.2 Å². The second-order valence-corrected chi connectivity index (χ2v) is 10.2. The summed E-state index contributed by atoms with van der Waals surface area (Å²) in [4.78, 5) is 29.4. The van der Waals surface area contributed by atoms with Crippen LogP contribution in [0.1, 0.15) is 35.5 Å². The Balaban J connectivity index is 1.47. The first-order valence-corrected chi connectivity index (χ1v) is 12.6. The van der Waals surface area contributed by atoms with E-state index in [1.807, 2.05) is 36.6 Å². The largest absolute Gasteiger partial charge is 0.378 e. The summed E-state index contributed by atoms with van der Waals surface area (Å²) in [7, 11) is 0. The van der Waals surface area contributed by atoms with E-state index in [1.165, 1.54) is 0 Å². The van der Waals surface area contributed by atoms with Gasteiger partial charge in [-0.05, 0) is 62.0 Å². The minimum atomic E-state index is -0.789. The average Bonchev–Trinajstić information content (AvgIpc) is 3.38. The molecule has 0 spiro atoms. The molecule has 8 nitrogen and oxygen atoms in total. The Kier molecular flexibility index (Phi) is 6.39. The van der Waals surface area contributed by atoms with E-state index in [4.69, 9.17) is 14.7 Å². The Labute approximate surface area is 213 Å². The van der Waals surface area contributed by atoms with Gasteiger partial charge in [0, 0.05) is 36.1 Å². The van der Waals surface area contributed by atoms with Crippen molar-refractivity contribution in [2.75, 3.05) is 36.5 Å². The summed E-state index contributed by atoms with van der Waals surface area (Å²) in [5.41, 5.74) is 3.62. The minimum Gasteiger partial charge on any atom is -0.378 e. The summed E-state index contributed by atoms with van der Waals surface area (Å²) in [6.45, 7) is 8.49. The van der Waals surface area contributed by atoms with E-state index in [1.54, 1.807) is 43.5 Å². The van der Waals surface area contributed by atoms with E-state index in [-0.39, 0.29) is 5.91 Å². The third-order valence-corrected chi connectivity index (χ3v) is 7.17. The Bertz CT molecular complexity index is 1480. The number of nitrogens with one attached hydrogen (secondary N) is 1. The molecule has 0 radical (unpaired) electrons. The first kappa shape index (κ1) is 23.9. The van der Waals surface area contributed by atoms with Crippen LogP contribution in [0.4, 0.5) is 11.5 Å². The third-order valence-electron chi connectivity index (χ3n) is 6.27. The molecule has 5 rings (SSSR count). The summed E-state index contributed by atoms with van der Waals surface area (Å²) in [6.07, 6.45) is 1.56. The lowest BCUT2D eigenvalue weighted by Crippen LogP contribution is -2.36. The molecule has 0 saturated carbocycles. The van der Waals surface area contributed by atoms with Crippen LogP contribution < -0.4 is 10.2 Å². The molecule has 1 N–H and O–H groups in total. The van der Waals surface area contributed by atoms with Crippen molar-refractivity contribution in [2.45, 2.75) is 26.2 Å². The van der Waals surface area contributed by atoms with Crippen molar-refractivity contribution in [3.05, 3.63) is 64.8 Å². The van der Waals surface area contributed by atoms with Gasteiger partial charge in [-0.1, -0.05) is 6.07 Å². The van der Waals surface area contributed by atoms with Crippen molar-refractivity contribution in [3.8, 4) is 17.5 Å². The molecule has 3 aromatic heterocycles. The minimum absolute atomic E-state index is 0.273. The number of rotatable bonds is 5. The standard InChI is InChI=1S/C27H26N6O2S/c1-17-4-5-19(30-26(34)18-6-8-29-22(14-18)27(2,3)16-28)15-20(17)24-31-21-7-13-36-23(21)25(32-24)33-9-11-35-12-10-33/h4-8,13-15H,9-12H2,1-3H3,(H,30,34). The van der Waals surface area contributed by atoms with Gasteiger partial charge in [0.2, 0.25) is 0 Å². The number of morpholine rings is 1. The van der Waals surface area contributed by atoms with Crippen molar-refractivity contribution in [2.24, 2.45) is 0 Å². The average molecular weight is 499 g/mol. The van der Waals surface area contributed by atoms with Gasteiger partial charge in [-0.25, -0.2) is 9.97 Å². The Hall–Kier alpha value is -3.87. The number of aryl methyl sites for hydroxylation is 1. The topological polar surface area (TPSA) is 104 Å². The van der Waals surface area contributed by atoms with Crippen LogP contribution in [-0.4, -0.2) is 47.2 Å². The SMILES string of the molecule is Cc1ccc(NC(=O)c2ccnc(C(C)(C)C#N)c2)cc1-c1nc(N2CCOCC2)c2sccc2n1. The highest BCUT2D eigenvalue weighted by atomic mass is 32.1. The van der Waals surface area contributed by atoms with Crippen LogP contribution >= 0.6 is 11.3 Å². The first-order valence-electron chi connectivity index (χ1n) is 11.7. The Morgan fingerprint density at radius 2 is 1.97 bits per heavy atom. The summed E-state index contributed by atoms with van der Waals surface area (Å²) in [5, 5.41) is 14.4. The lowest BCUT2D eigenvalue weighted by atomic mass is 9.90. The van der Waals surface area contributed by atoms with Crippen molar-refractivity contribution >= 4 is 39.0 Å². The van der Waals surface area contributed by atoms with E-state index >= 15 is 0 Å². The molecule has 1 aromatic carbocycles. The molecule has 36 heavy (non-hydrogen) atoms. The number of carbonyl (C=O) groups excluding carboxylic acids is 1. The van der Waals surface area contributed by atoms with Crippen LogP contribution in [0, 0.1) is 18.3 Å². The number of carbonyl (C=O) groups is 1. The fourth-order valence-corrected chi connectivity index (χ4v) is 4.92. The number of nitrogens with zero attached hydrogens (tertiary/aromatic N) is 5. The van der Waals surface area contributed by atoms with E-state index in [2.05, 4.69) is 21.3 Å². The molecule has 1 saturated heterocycles. The molecule has 0 atom stereocenters. The van der Waals surface area contributed by atoms with Gasteiger partial charge < -0.3 is 15.0 Å². The fraction of sp³-hybridized carbons (Fsp3) is 0.296. The number of benzene rings is 1. The molecule has 1 amide bonds. The predicted molar refractivity (Wildman–Crippen MR) is 141 cm³/mol. The normalized spacial score (nSPS) is 14.0. The summed E-state index contributed by atoms with van der Waals surface area (Å²) in [5.74, 6) is 1.27. The second kappa shape index (κ2) is 9.64. The van der Waals surface area contributed by atoms with E-state index in [0.29, 0.717) is 36.0 Å². The molecule has 4 heterocycles. The highest BCUT2D eigenvalue weighted by Gasteiger charge is 2.23. The maximum Gasteiger partial charge on any atom is 0.255 e.